The van der Waals surface area contributed by atoms with Gasteiger partial charge in [-0.15, -0.1) is 0 Å². The number of aliphatic hydroxyl groups excluding tert-OH is 1. The van der Waals surface area contributed by atoms with Crippen molar-refractivity contribution in [3.05, 3.63) is 47.3 Å². The molecule has 2 aromatic rings. The van der Waals surface area contributed by atoms with E-state index in [2.05, 4.69) is 40.7 Å². The van der Waals surface area contributed by atoms with E-state index in [9.17, 15) is 5.11 Å². The molecule has 0 bridgehead atoms. The van der Waals surface area contributed by atoms with Gasteiger partial charge < -0.3 is 9.67 Å². The van der Waals surface area contributed by atoms with E-state index in [1.54, 1.807) is 18.0 Å². The highest BCUT2D eigenvalue weighted by Gasteiger charge is 2.08. The molecule has 90 valence electrons. The summed E-state index contributed by atoms with van der Waals surface area (Å²) >= 11 is 1.59. The van der Waals surface area contributed by atoms with Gasteiger partial charge in [0.2, 0.25) is 0 Å². The summed E-state index contributed by atoms with van der Waals surface area (Å²) in [5, 5.41) is 10.2. The summed E-state index contributed by atoms with van der Waals surface area (Å²) in [6.45, 7) is 2.86. The highest BCUT2D eigenvalue weighted by molar-refractivity contribution is 7.98. The molecule has 0 aliphatic heterocycles. The van der Waals surface area contributed by atoms with Crippen LogP contribution in [0, 0.1) is 6.92 Å². The first kappa shape index (κ1) is 12.2. The zero-order valence-corrected chi connectivity index (χ0v) is 10.9. The van der Waals surface area contributed by atoms with Gasteiger partial charge in [-0.1, -0.05) is 41.6 Å². The van der Waals surface area contributed by atoms with Crippen LogP contribution in [-0.4, -0.2) is 20.9 Å². The normalized spacial score (nSPS) is 10.8. The first-order chi connectivity index (χ1) is 8.24. The number of hydrogen-bond acceptors (Lipinski definition) is 3. The van der Waals surface area contributed by atoms with Crippen LogP contribution >= 0.6 is 11.8 Å². The Morgan fingerprint density at radius 1 is 1.29 bits per heavy atom. The number of aromatic nitrogens is 2. The van der Waals surface area contributed by atoms with Gasteiger partial charge in [0.05, 0.1) is 18.5 Å². The van der Waals surface area contributed by atoms with Crippen molar-refractivity contribution in [2.45, 2.75) is 25.2 Å². The summed E-state index contributed by atoms with van der Waals surface area (Å²) in [5.74, 6) is 0. The van der Waals surface area contributed by atoms with Crippen LogP contribution in [0.25, 0.3) is 0 Å². The fourth-order valence-corrected chi connectivity index (χ4v) is 2.29. The van der Waals surface area contributed by atoms with Crippen molar-refractivity contribution in [3.8, 4) is 0 Å². The van der Waals surface area contributed by atoms with Crippen molar-refractivity contribution < 1.29 is 5.11 Å². The Bertz CT molecular complexity index is 469. The number of thioether (sulfide) groups is 1. The van der Waals surface area contributed by atoms with E-state index in [1.165, 1.54) is 11.1 Å². The summed E-state index contributed by atoms with van der Waals surface area (Å²) < 4.78 is 2.05. The third kappa shape index (κ3) is 2.70. The topological polar surface area (TPSA) is 38.1 Å². The standard InChI is InChI=1S/C13H16N2OS/c1-10-3-5-11(6-4-10)8-15-12(9-16)7-14-13(15)17-2/h3-7,16H,8-9H2,1-2H3. The summed E-state index contributed by atoms with van der Waals surface area (Å²) in [7, 11) is 0. The fourth-order valence-electron chi connectivity index (χ4n) is 1.73. The van der Waals surface area contributed by atoms with Gasteiger partial charge in [0.15, 0.2) is 5.16 Å². The molecular formula is C13H16N2OS. The molecule has 0 fully saturated rings. The predicted molar refractivity (Wildman–Crippen MR) is 70.2 cm³/mol. The van der Waals surface area contributed by atoms with Gasteiger partial charge in [-0.25, -0.2) is 4.98 Å². The minimum atomic E-state index is 0.0272. The minimum absolute atomic E-state index is 0.0272. The van der Waals surface area contributed by atoms with E-state index in [1.807, 2.05) is 6.26 Å². The average Bonchev–Trinajstić information content (AvgIpc) is 2.74. The molecular weight excluding hydrogens is 232 g/mol. The quantitative estimate of drug-likeness (QED) is 0.845. The maximum atomic E-state index is 9.28. The SMILES string of the molecule is CSc1ncc(CO)n1Cc1ccc(C)cc1. The molecule has 1 aromatic heterocycles. The van der Waals surface area contributed by atoms with Gasteiger partial charge in [-0.3, -0.25) is 0 Å². The summed E-state index contributed by atoms with van der Waals surface area (Å²) in [5.41, 5.74) is 3.33. The predicted octanol–water partition coefficient (Wildman–Crippen LogP) is 2.45. The molecule has 0 saturated carbocycles. The number of imidazole rings is 1. The molecule has 0 radical (unpaired) electrons. The van der Waals surface area contributed by atoms with E-state index in [0.717, 1.165) is 17.4 Å². The maximum Gasteiger partial charge on any atom is 0.168 e. The molecule has 17 heavy (non-hydrogen) atoms. The molecule has 1 N–H and O–H groups in total. The molecule has 1 aromatic carbocycles. The molecule has 0 unspecified atom stereocenters. The van der Waals surface area contributed by atoms with Crippen LogP contribution in [0.4, 0.5) is 0 Å². The Labute approximate surface area is 106 Å². The summed E-state index contributed by atoms with van der Waals surface area (Å²) in [6, 6.07) is 8.43. The minimum Gasteiger partial charge on any atom is -0.390 e. The van der Waals surface area contributed by atoms with Crippen molar-refractivity contribution in [3.63, 3.8) is 0 Å². The largest absolute Gasteiger partial charge is 0.390 e. The van der Waals surface area contributed by atoms with Crippen molar-refractivity contribution >= 4 is 11.8 Å². The van der Waals surface area contributed by atoms with Crippen LogP contribution in [0.15, 0.2) is 35.6 Å². The monoisotopic (exact) mass is 248 g/mol. The first-order valence-electron chi connectivity index (χ1n) is 5.49. The Hall–Kier alpha value is -1.26. The van der Waals surface area contributed by atoms with E-state index in [4.69, 9.17) is 0 Å². The average molecular weight is 248 g/mol. The first-order valence-corrected chi connectivity index (χ1v) is 6.72. The van der Waals surface area contributed by atoms with Crippen LogP contribution in [0.5, 0.6) is 0 Å². The lowest BCUT2D eigenvalue weighted by molar-refractivity contribution is 0.270. The van der Waals surface area contributed by atoms with Gasteiger partial charge in [-0.05, 0) is 18.7 Å². The van der Waals surface area contributed by atoms with Gasteiger partial charge >= 0.3 is 0 Å². The number of aliphatic hydroxyl groups is 1. The summed E-state index contributed by atoms with van der Waals surface area (Å²) in [6.07, 6.45) is 3.73. The fraction of sp³-hybridized carbons (Fsp3) is 0.308. The lowest BCUT2D eigenvalue weighted by atomic mass is 10.1. The number of benzene rings is 1. The Kier molecular flexibility index (Phi) is 3.86. The molecule has 4 heteroatoms. The van der Waals surface area contributed by atoms with Crippen LogP contribution in [-0.2, 0) is 13.2 Å². The molecule has 0 aliphatic rings. The molecule has 1 heterocycles. The highest BCUT2D eigenvalue weighted by Crippen LogP contribution is 2.18. The lowest BCUT2D eigenvalue weighted by Gasteiger charge is -2.09. The number of rotatable bonds is 4. The Morgan fingerprint density at radius 2 is 2.00 bits per heavy atom. The number of aryl methyl sites for hydroxylation is 1. The summed E-state index contributed by atoms with van der Waals surface area (Å²) in [4.78, 5) is 4.29. The molecule has 0 saturated heterocycles. The lowest BCUT2D eigenvalue weighted by Crippen LogP contribution is -2.05. The molecule has 0 amide bonds. The molecule has 0 spiro atoms. The third-order valence-electron chi connectivity index (χ3n) is 2.71. The van der Waals surface area contributed by atoms with E-state index in [-0.39, 0.29) is 6.61 Å². The van der Waals surface area contributed by atoms with E-state index >= 15 is 0 Å². The number of hydrogen-bond donors (Lipinski definition) is 1. The van der Waals surface area contributed by atoms with Crippen molar-refractivity contribution in [1.29, 1.82) is 0 Å². The van der Waals surface area contributed by atoms with Crippen LogP contribution in [0.3, 0.4) is 0 Å². The second kappa shape index (κ2) is 5.38. The number of nitrogens with zero attached hydrogens (tertiary/aromatic N) is 2. The second-order valence-electron chi connectivity index (χ2n) is 3.97. The highest BCUT2D eigenvalue weighted by atomic mass is 32.2. The van der Waals surface area contributed by atoms with Crippen molar-refractivity contribution in [2.75, 3.05) is 6.26 Å². The molecule has 0 atom stereocenters. The van der Waals surface area contributed by atoms with Crippen LogP contribution < -0.4 is 0 Å². The van der Waals surface area contributed by atoms with E-state index < -0.39 is 0 Å². The maximum absolute atomic E-state index is 9.28. The van der Waals surface area contributed by atoms with E-state index in [0.29, 0.717) is 0 Å². The third-order valence-corrected chi connectivity index (χ3v) is 3.40. The second-order valence-corrected chi connectivity index (χ2v) is 4.74. The zero-order chi connectivity index (χ0) is 12.3. The zero-order valence-electron chi connectivity index (χ0n) is 10.1. The van der Waals surface area contributed by atoms with Gasteiger partial charge in [0, 0.05) is 6.54 Å². The van der Waals surface area contributed by atoms with Gasteiger partial charge in [-0.2, -0.15) is 0 Å². The molecule has 2 rings (SSSR count). The Morgan fingerprint density at radius 3 is 2.59 bits per heavy atom. The smallest absolute Gasteiger partial charge is 0.168 e. The molecule has 3 nitrogen and oxygen atoms in total. The van der Waals surface area contributed by atoms with Gasteiger partial charge in [0.1, 0.15) is 0 Å². The van der Waals surface area contributed by atoms with Gasteiger partial charge in [0.25, 0.3) is 0 Å². The molecule has 0 aliphatic carbocycles. The van der Waals surface area contributed by atoms with Crippen molar-refractivity contribution in [2.24, 2.45) is 0 Å². The van der Waals surface area contributed by atoms with Crippen molar-refractivity contribution in [1.82, 2.24) is 9.55 Å². The Balaban J connectivity index is 2.28. The van der Waals surface area contributed by atoms with Crippen LogP contribution in [0.2, 0.25) is 0 Å². The van der Waals surface area contributed by atoms with Crippen LogP contribution in [0.1, 0.15) is 16.8 Å².